The standard InChI is InChI=1S/C28H29F3N8O2/c1-16-4-5-18(9-23(16)36-26-8-17(2)37-39(26)25-13-24(32-3)33-15-34-25)27(41)35-20-10-19(28(29,30)31)11-21(12-20)38-7-6-22(40)14-38/h4-5,8-13,15,22,36,40H,6-7,14H2,1-3H3,(H,35,41)(H,32,33,34). The van der Waals surface area contributed by atoms with Gasteiger partial charge in [-0.15, -0.1) is 0 Å². The predicted molar refractivity (Wildman–Crippen MR) is 150 cm³/mol. The van der Waals surface area contributed by atoms with Gasteiger partial charge in [-0.25, -0.2) is 9.97 Å². The molecule has 1 amide bonds. The van der Waals surface area contributed by atoms with Gasteiger partial charge < -0.3 is 26.0 Å². The Kier molecular flexibility index (Phi) is 7.54. The Morgan fingerprint density at radius 2 is 1.88 bits per heavy atom. The number of rotatable bonds is 7. The highest BCUT2D eigenvalue weighted by atomic mass is 19.4. The molecule has 214 valence electrons. The first-order valence-electron chi connectivity index (χ1n) is 12.9. The number of carbonyl (C=O) groups excluding carboxylic acids is 1. The Morgan fingerprint density at radius 3 is 2.59 bits per heavy atom. The maximum Gasteiger partial charge on any atom is 0.416 e. The van der Waals surface area contributed by atoms with Gasteiger partial charge in [-0.2, -0.15) is 23.0 Å². The Labute approximate surface area is 234 Å². The van der Waals surface area contributed by atoms with Crippen molar-refractivity contribution in [3.05, 3.63) is 77.2 Å². The van der Waals surface area contributed by atoms with E-state index in [1.54, 1.807) is 40.9 Å². The molecule has 41 heavy (non-hydrogen) atoms. The summed E-state index contributed by atoms with van der Waals surface area (Å²) < 4.78 is 42.6. The van der Waals surface area contributed by atoms with Gasteiger partial charge >= 0.3 is 6.18 Å². The molecule has 10 nitrogen and oxygen atoms in total. The predicted octanol–water partition coefficient (Wildman–Crippen LogP) is 4.91. The van der Waals surface area contributed by atoms with Crippen molar-refractivity contribution in [3.8, 4) is 5.82 Å². The van der Waals surface area contributed by atoms with E-state index in [0.29, 0.717) is 36.1 Å². The van der Waals surface area contributed by atoms with Gasteiger partial charge in [0.2, 0.25) is 0 Å². The van der Waals surface area contributed by atoms with Gasteiger partial charge in [0.1, 0.15) is 18.0 Å². The molecule has 0 spiro atoms. The normalized spacial score (nSPS) is 15.2. The summed E-state index contributed by atoms with van der Waals surface area (Å²) in [5, 5.41) is 23.2. The third-order valence-corrected chi connectivity index (χ3v) is 6.75. The molecule has 1 saturated heterocycles. The van der Waals surface area contributed by atoms with E-state index < -0.39 is 23.8 Å². The van der Waals surface area contributed by atoms with Crippen molar-refractivity contribution in [1.29, 1.82) is 0 Å². The van der Waals surface area contributed by atoms with Crippen LogP contribution in [-0.2, 0) is 6.18 Å². The fraction of sp³-hybridized carbons (Fsp3) is 0.286. The number of alkyl halides is 3. The summed E-state index contributed by atoms with van der Waals surface area (Å²) in [6.45, 7) is 4.35. The van der Waals surface area contributed by atoms with Crippen LogP contribution in [0.2, 0.25) is 0 Å². The first-order chi connectivity index (χ1) is 19.5. The second-order valence-corrected chi connectivity index (χ2v) is 9.86. The van der Waals surface area contributed by atoms with Crippen LogP contribution in [0.1, 0.15) is 33.6 Å². The number of halogens is 3. The third-order valence-electron chi connectivity index (χ3n) is 6.75. The summed E-state index contributed by atoms with van der Waals surface area (Å²) >= 11 is 0. The number of hydrogen-bond donors (Lipinski definition) is 4. The maximum atomic E-state index is 13.7. The molecule has 2 aromatic heterocycles. The molecule has 0 saturated carbocycles. The van der Waals surface area contributed by atoms with Crippen LogP contribution >= 0.6 is 0 Å². The molecule has 0 bridgehead atoms. The Bertz CT molecular complexity index is 1590. The number of nitrogens with one attached hydrogen (secondary N) is 3. The number of aromatic nitrogens is 4. The fourth-order valence-corrected chi connectivity index (χ4v) is 4.61. The lowest BCUT2D eigenvalue weighted by Gasteiger charge is -2.21. The van der Waals surface area contributed by atoms with Gasteiger partial charge in [0.25, 0.3) is 5.91 Å². The molecule has 1 unspecified atom stereocenters. The van der Waals surface area contributed by atoms with Gasteiger partial charge in [-0.3, -0.25) is 4.79 Å². The van der Waals surface area contributed by atoms with E-state index in [9.17, 15) is 23.1 Å². The number of nitrogens with zero attached hydrogens (tertiary/aromatic N) is 5. The zero-order chi connectivity index (χ0) is 29.3. The maximum absolute atomic E-state index is 13.7. The van der Waals surface area contributed by atoms with Gasteiger partial charge in [-0.05, 0) is 56.2 Å². The Balaban J connectivity index is 1.41. The molecule has 1 fully saturated rings. The monoisotopic (exact) mass is 566 g/mol. The second-order valence-electron chi connectivity index (χ2n) is 9.86. The minimum Gasteiger partial charge on any atom is -0.391 e. The van der Waals surface area contributed by atoms with Crippen molar-refractivity contribution in [2.45, 2.75) is 32.5 Å². The molecule has 1 aliphatic rings. The number of aliphatic hydroxyl groups excluding tert-OH is 1. The van der Waals surface area contributed by atoms with E-state index in [0.717, 1.165) is 23.4 Å². The fourth-order valence-electron chi connectivity index (χ4n) is 4.61. The number of amides is 1. The van der Waals surface area contributed by atoms with E-state index in [4.69, 9.17) is 0 Å². The average Bonchev–Trinajstić information content (AvgIpc) is 3.54. The second kappa shape index (κ2) is 11.1. The van der Waals surface area contributed by atoms with Crippen LogP contribution in [-0.4, -0.2) is 57.0 Å². The van der Waals surface area contributed by atoms with E-state index >= 15 is 0 Å². The summed E-state index contributed by atoms with van der Waals surface area (Å²) in [7, 11) is 1.75. The molecule has 0 aliphatic carbocycles. The van der Waals surface area contributed by atoms with Crippen molar-refractivity contribution in [2.24, 2.45) is 0 Å². The minimum atomic E-state index is -4.60. The highest BCUT2D eigenvalue weighted by Crippen LogP contribution is 2.36. The largest absolute Gasteiger partial charge is 0.416 e. The van der Waals surface area contributed by atoms with Crippen molar-refractivity contribution in [3.63, 3.8) is 0 Å². The Hall–Kier alpha value is -4.65. The smallest absolute Gasteiger partial charge is 0.391 e. The van der Waals surface area contributed by atoms with Crippen LogP contribution in [0.5, 0.6) is 0 Å². The lowest BCUT2D eigenvalue weighted by molar-refractivity contribution is -0.137. The van der Waals surface area contributed by atoms with Crippen LogP contribution < -0.4 is 20.9 Å². The first kappa shape index (κ1) is 27.9. The van der Waals surface area contributed by atoms with Gasteiger partial charge in [0.15, 0.2) is 5.82 Å². The number of benzene rings is 2. The number of β-amino-alcohol motifs (C(OH)–C–C–N with tert-alkyl or cyclic N) is 1. The lowest BCUT2D eigenvalue weighted by Crippen LogP contribution is -2.22. The molecule has 0 radical (unpaired) electrons. The molecule has 4 aromatic rings. The van der Waals surface area contributed by atoms with Gasteiger partial charge in [-0.1, -0.05) is 6.07 Å². The van der Waals surface area contributed by atoms with Gasteiger partial charge in [0.05, 0.1) is 17.4 Å². The van der Waals surface area contributed by atoms with E-state index in [2.05, 4.69) is 31.0 Å². The van der Waals surface area contributed by atoms with Crippen molar-refractivity contribution >= 4 is 34.6 Å². The molecule has 1 aliphatic heterocycles. The zero-order valence-electron chi connectivity index (χ0n) is 22.6. The summed E-state index contributed by atoms with van der Waals surface area (Å²) in [6, 6.07) is 12.0. The quantitative estimate of drug-likeness (QED) is 0.249. The van der Waals surface area contributed by atoms with Crippen molar-refractivity contribution in [2.75, 3.05) is 41.0 Å². The third kappa shape index (κ3) is 6.24. The van der Waals surface area contributed by atoms with E-state index in [-0.39, 0.29) is 23.5 Å². The molecular formula is C28H29F3N8O2. The van der Waals surface area contributed by atoms with Crippen LogP contribution in [0.15, 0.2) is 54.9 Å². The topological polar surface area (TPSA) is 120 Å². The highest BCUT2D eigenvalue weighted by Gasteiger charge is 2.33. The molecule has 3 heterocycles. The molecule has 1 atom stereocenters. The zero-order valence-corrected chi connectivity index (χ0v) is 22.6. The molecular weight excluding hydrogens is 537 g/mol. The van der Waals surface area contributed by atoms with Gasteiger partial charge in [0, 0.05) is 54.9 Å². The summed E-state index contributed by atoms with van der Waals surface area (Å²) in [6.07, 6.45) is -3.33. The first-order valence-corrected chi connectivity index (χ1v) is 12.9. The minimum absolute atomic E-state index is 0.00843. The van der Waals surface area contributed by atoms with Crippen molar-refractivity contribution < 1.29 is 23.1 Å². The number of hydrogen-bond acceptors (Lipinski definition) is 8. The van der Waals surface area contributed by atoms with E-state index in [1.165, 1.54) is 12.4 Å². The lowest BCUT2D eigenvalue weighted by atomic mass is 10.1. The van der Waals surface area contributed by atoms with Crippen LogP contribution in [0.3, 0.4) is 0 Å². The summed E-state index contributed by atoms with van der Waals surface area (Å²) in [5.74, 6) is 1.16. The summed E-state index contributed by atoms with van der Waals surface area (Å²) in [4.78, 5) is 23.3. The highest BCUT2D eigenvalue weighted by molar-refractivity contribution is 6.05. The molecule has 13 heteroatoms. The summed E-state index contributed by atoms with van der Waals surface area (Å²) in [5.41, 5.74) is 1.83. The van der Waals surface area contributed by atoms with Crippen molar-refractivity contribution in [1.82, 2.24) is 19.7 Å². The van der Waals surface area contributed by atoms with Crippen LogP contribution in [0, 0.1) is 13.8 Å². The molecule has 4 N–H and O–H groups in total. The number of anilines is 5. The van der Waals surface area contributed by atoms with Crippen LogP contribution in [0.25, 0.3) is 5.82 Å². The SMILES string of the molecule is CNc1cc(-n2nc(C)cc2Nc2cc(C(=O)Nc3cc(N4CCC(O)C4)cc(C(F)(F)F)c3)ccc2C)ncn1. The number of aryl methyl sites for hydroxylation is 2. The van der Waals surface area contributed by atoms with E-state index in [1.807, 2.05) is 19.9 Å². The molecule has 2 aromatic carbocycles. The average molecular weight is 567 g/mol. The number of carbonyl (C=O) groups is 1. The Morgan fingerprint density at radius 1 is 1.07 bits per heavy atom. The molecule has 5 rings (SSSR count). The number of aliphatic hydroxyl groups is 1. The van der Waals surface area contributed by atoms with Crippen LogP contribution in [0.4, 0.5) is 41.9 Å².